The van der Waals surface area contributed by atoms with Crippen LogP contribution in [0.15, 0.2) is 41.5 Å². The topological polar surface area (TPSA) is 204 Å². The van der Waals surface area contributed by atoms with Gasteiger partial charge in [0.15, 0.2) is 17.4 Å². The Hall–Kier alpha value is -2.78. The molecule has 2 aliphatic heterocycles. The Balaban J connectivity index is 1.23. The predicted molar refractivity (Wildman–Crippen MR) is 137 cm³/mol. The fraction of sp³-hybridized carbons (Fsp3) is 0.455. The highest BCUT2D eigenvalue weighted by Crippen LogP contribution is 2.61. The number of nitrogens with one attached hydrogen (secondary N) is 2. The summed E-state index contributed by atoms with van der Waals surface area (Å²) in [7, 11) is 0. The summed E-state index contributed by atoms with van der Waals surface area (Å²) in [5, 5.41) is 24.5. The van der Waals surface area contributed by atoms with Crippen LogP contribution in [0.25, 0.3) is 11.2 Å². The Labute approximate surface area is 220 Å². The molecule has 0 saturated carbocycles. The number of carbonyl (C=O) groups excluding carboxylic acids is 1. The zero-order valence-corrected chi connectivity index (χ0v) is 22.1. The number of hydrogen-bond acceptors (Lipinski definition) is 12. The van der Waals surface area contributed by atoms with Crippen LogP contribution in [0.1, 0.15) is 31.7 Å². The van der Waals surface area contributed by atoms with Crippen molar-refractivity contribution in [1.82, 2.24) is 24.6 Å². The lowest BCUT2D eigenvalue weighted by atomic mass is 9.96. The van der Waals surface area contributed by atoms with Crippen LogP contribution >= 0.6 is 18.1 Å². The van der Waals surface area contributed by atoms with E-state index in [9.17, 15) is 24.4 Å². The quantitative estimate of drug-likeness (QED) is 0.199. The summed E-state index contributed by atoms with van der Waals surface area (Å²) in [4.78, 5) is 35.1. The van der Waals surface area contributed by atoms with Gasteiger partial charge in [-0.2, -0.15) is 4.98 Å². The molecule has 1 aromatic carbocycles. The molecule has 2 saturated heterocycles. The van der Waals surface area contributed by atoms with Gasteiger partial charge in [-0.05, 0) is 19.4 Å². The third-order valence-electron chi connectivity index (χ3n) is 6.44. The van der Waals surface area contributed by atoms with Crippen molar-refractivity contribution in [2.24, 2.45) is 0 Å². The number of nitrogens with two attached hydrogens (primary N) is 1. The van der Waals surface area contributed by atoms with E-state index in [4.69, 9.17) is 19.7 Å². The predicted octanol–water partition coefficient (Wildman–Crippen LogP) is 0.845. The number of aliphatic hydroxyl groups is 2. The van der Waals surface area contributed by atoms with Crippen molar-refractivity contribution in [3.8, 4) is 0 Å². The van der Waals surface area contributed by atoms with Gasteiger partial charge in [0.05, 0.1) is 12.9 Å². The molecule has 2 fully saturated rings. The second-order valence-electron chi connectivity index (χ2n) is 9.23. The number of H-pyrrole nitrogens is 1. The van der Waals surface area contributed by atoms with Gasteiger partial charge in [0, 0.05) is 5.75 Å². The van der Waals surface area contributed by atoms with Crippen molar-refractivity contribution < 1.29 is 33.6 Å². The number of imidazole rings is 1. The largest absolute Gasteiger partial charge is 0.457 e. The van der Waals surface area contributed by atoms with Crippen LogP contribution in [-0.4, -0.2) is 71.9 Å². The first-order valence-electron chi connectivity index (χ1n) is 11.7. The highest BCUT2D eigenvalue weighted by molar-refractivity contribution is 8.56. The van der Waals surface area contributed by atoms with Crippen LogP contribution in [0.5, 0.6) is 0 Å². The van der Waals surface area contributed by atoms with Crippen molar-refractivity contribution in [3.05, 3.63) is 52.6 Å². The summed E-state index contributed by atoms with van der Waals surface area (Å²) in [6, 6.07) is 8.37. The number of ether oxygens (including phenoxy) is 2. The second kappa shape index (κ2) is 10.1. The summed E-state index contributed by atoms with van der Waals surface area (Å²) in [6.07, 6.45) is -3.03. The Morgan fingerprint density at radius 3 is 2.89 bits per heavy atom. The third kappa shape index (κ3) is 4.98. The average Bonchev–Trinajstić information content (AvgIpc) is 3.54. The minimum absolute atomic E-state index is 0.0247. The third-order valence-corrected chi connectivity index (χ3v) is 10.5. The van der Waals surface area contributed by atoms with Crippen LogP contribution < -0.4 is 16.4 Å². The summed E-state index contributed by atoms with van der Waals surface area (Å²) in [5.41, 5.74) is 4.07. The lowest BCUT2D eigenvalue weighted by molar-refractivity contribution is -0.150. The van der Waals surface area contributed by atoms with Gasteiger partial charge < -0.3 is 29.9 Å². The number of rotatable bonds is 7. The molecule has 38 heavy (non-hydrogen) atoms. The van der Waals surface area contributed by atoms with Gasteiger partial charge in [-0.25, -0.2) is 10.1 Å². The van der Waals surface area contributed by atoms with Crippen LogP contribution in [0, 0.1) is 0 Å². The minimum Gasteiger partial charge on any atom is -0.457 e. The Morgan fingerprint density at radius 1 is 1.42 bits per heavy atom. The maximum Gasteiger partial charge on any atom is 0.327 e. The van der Waals surface area contributed by atoms with Gasteiger partial charge in [-0.3, -0.25) is 23.7 Å². The van der Waals surface area contributed by atoms with Crippen LogP contribution in [-0.2, 0) is 23.4 Å². The molecule has 5 rings (SSSR count). The maximum atomic E-state index is 13.2. The smallest absolute Gasteiger partial charge is 0.327 e. The van der Waals surface area contributed by atoms with Gasteiger partial charge in [0.25, 0.3) is 5.56 Å². The fourth-order valence-electron chi connectivity index (χ4n) is 4.35. The normalized spacial score (nSPS) is 32.0. The molecule has 4 heterocycles. The first-order valence-corrected chi connectivity index (χ1v) is 14.9. The molecule has 2 aromatic heterocycles. The van der Waals surface area contributed by atoms with E-state index in [1.54, 1.807) is 6.92 Å². The number of aliphatic hydroxyl groups excluding tert-OH is 1. The number of aromatic nitrogens is 4. The van der Waals surface area contributed by atoms with Gasteiger partial charge in [-0.15, -0.1) is 0 Å². The SMILES string of the molecule is C[C@@H](OC(=O)[C@H]1CSP(=O)(OC[C@H]2O[C@@H](n3cnc4c(=O)[nH]c(N)nc43)[C@](C)(O)[C@@H]2O)N1)c1ccccc1. The number of aromatic amines is 1. The summed E-state index contributed by atoms with van der Waals surface area (Å²) in [5.74, 6) is -0.561. The molecule has 16 heteroatoms. The molecule has 0 radical (unpaired) electrons. The van der Waals surface area contributed by atoms with Crippen molar-refractivity contribution in [2.75, 3.05) is 18.1 Å². The number of anilines is 1. The van der Waals surface area contributed by atoms with E-state index in [1.807, 2.05) is 30.3 Å². The number of esters is 1. The minimum atomic E-state index is -3.55. The van der Waals surface area contributed by atoms with E-state index < -0.39 is 54.4 Å². The average molecular weight is 567 g/mol. The first kappa shape index (κ1) is 26.8. The van der Waals surface area contributed by atoms with E-state index in [-0.39, 0.29) is 29.5 Å². The Bertz CT molecular complexity index is 1450. The van der Waals surface area contributed by atoms with E-state index in [0.29, 0.717) is 0 Å². The van der Waals surface area contributed by atoms with Crippen molar-refractivity contribution >= 4 is 41.2 Å². The molecule has 6 N–H and O–H groups in total. The molecule has 2 aliphatic rings. The van der Waals surface area contributed by atoms with Gasteiger partial charge in [0.2, 0.25) is 5.95 Å². The van der Waals surface area contributed by atoms with Gasteiger partial charge in [0.1, 0.15) is 30.0 Å². The summed E-state index contributed by atoms with van der Waals surface area (Å²) < 4.78 is 31.5. The molecule has 0 aliphatic carbocycles. The molecular formula is C22H27N6O8PS. The number of nitrogens with zero attached hydrogens (tertiary/aromatic N) is 3. The standard InChI is InChI=1S/C22H27N6O8PS/c1-11(12-6-4-3-5-7-12)35-19(31)13-9-38-37(33,27-13)34-8-14-16(29)22(2,32)20(36-14)28-10-24-15-17(28)25-21(23)26-18(15)30/h3-7,10-11,13-14,16,20,29,32H,8-9H2,1-2H3,(H,27,33)(H3,23,25,26,30)/t11-,13-,14-,16-,20-,22-,37?/m1/s1. The van der Waals surface area contributed by atoms with Crippen LogP contribution in [0.2, 0.25) is 0 Å². The highest BCUT2D eigenvalue weighted by Gasteiger charge is 2.54. The molecule has 14 nitrogen and oxygen atoms in total. The highest BCUT2D eigenvalue weighted by atomic mass is 32.7. The van der Waals surface area contributed by atoms with E-state index in [2.05, 4.69) is 20.0 Å². The molecular weight excluding hydrogens is 539 g/mol. The van der Waals surface area contributed by atoms with E-state index in [1.165, 1.54) is 17.8 Å². The summed E-state index contributed by atoms with van der Waals surface area (Å²) >= 11 is 0.937. The second-order valence-corrected chi connectivity index (χ2v) is 13.6. The lowest BCUT2D eigenvalue weighted by Crippen LogP contribution is -2.44. The van der Waals surface area contributed by atoms with Crippen LogP contribution in [0.4, 0.5) is 5.95 Å². The number of hydrogen-bond donors (Lipinski definition) is 5. The zero-order valence-electron chi connectivity index (χ0n) is 20.4. The molecule has 1 unspecified atom stereocenters. The van der Waals surface area contributed by atoms with Crippen molar-refractivity contribution in [2.45, 2.75) is 50.0 Å². The van der Waals surface area contributed by atoms with Crippen molar-refractivity contribution in [3.63, 3.8) is 0 Å². The van der Waals surface area contributed by atoms with Crippen molar-refractivity contribution in [1.29, 1.82) is 0 Å². The Morgan fingerprint density at radius 2 is 2.16 bits per heavy atom. The number of fused-ring (bicyclic) bond motifs is 1. The molecule has 0 amide bonds. The van der Waals surface area contributed by atoms with Gasteiger partial charge >= 0.3 is 12.7 Å². The molecule has 7 atom stereocenters. The number of carbonyl (C=O) groups is 1. The molecule has 3 aromatic rings. The lowest BCUT2D eigenvalue weighted by Gasteiger charge is -2.27. The molecule has 0 spiro atoms. The monoisotopic (exact) mass is 566 g/mol. The zero-order chi connectivity index (χ0) is 27.2. The van der Waals surface area contributed by atoms with Gasteiger partial charge in [-0.1, -0.05) is 41.7 Å². The van der Waals surface area contributed by atoms with Crippen LogP contribution in [0.3, 0.4) is 0 Å². The maximum absolute atomic E-state index is 13.2. The molecule has 204 valence electrons. The fourth-order valence-corrected chi connectivity index (χ4v) is 8.23. The van der Waals surface area contributed by atoms with E-state index in [0.717, 1.165) is 16.9 Å². The number of nitrogen functional groups attached to an aromatic ring is 1. The summed E-state index contributed by atoms with van der Waals surface area (Å²) in [6.45, 7) is -0.825. The molecule has 0 bridgehead atoms. The Kier molecular flexibility index (Phi) is 7.11. The first-order chi connectivity index (χ1) is 18.0. The van der Waals surface area contributed by atoms with E-state index >= 15 is 0 Å². The number of benzene rings is 1.